The molecule has 6 heteroatoms. The summed E-state index contributed by atoms with van der Waals surface area (Å²) in [4.78, 5) is 17.1. The second-order valence-corrected chi connectivity index (χ2v) is 7.03. The zero-order chi connectivity index (χ0) is 16.9. The molecule has 0 radical (unpaired) electrons. The van der Waals surface area contributed by atoms with Crippen LogP contribution in [0.2, 0.25) is 0 Å². The van der Waals surface area contributed by atoms with E-state index in [1.807, 2.05) is 10.9 Å². The zero-order valence-electron chi connectivity index (χ0n) is 15.0. The van der Waals surface area contributed by atoms with Crippen LogP contribution in [0, 0.1) is 5.92 Å². The lowest BCUT2D eigenvalue weighted by Crippen LogP contribution is -2.52. The summed E-state index contributed by atoms with van der Waals surface area (Å²) in [6.07, 6.45) is 8.07. The number of piperidine rings is 1. The predicted octanol–water partition coefficient (Wildman–Crippen LogP) is 1.75. The van der Waals surface area contributed by atoms with Crippen molar-refractivity contribution in [2.75, 3.05) is 33.4 Å². The molecule has 6 nitrogen and oxygen atoms in total. The highest BCUT2D eigenvalue weighted by molar-refractivity contribution is 5.76. The molecule has 0 saturated carbocycles. The van der Waals surface area contributed by atoms with E-state index in [1.54, 1.807) is 7.11 Å². The van der Waals surface area contributed by atoms with Gasteiger partial charge in [-0.15, -0.1) is 0 Å². The number of nitrogens with zero attached hydrogens (tertiary/aromatic N) is 4. The Morgan fingerprint density at radius 1 is 1.38 bits per heavy atom. The minimum Gasteiger partial charge on any atom is -0.383 e. The van der Waals surface area contributed by atoms with E-state index in [1.165, 1.54) is 5.56 Å². The van der Waals surface area contributed by atoms with Crippen molar-refractivity contribution < 1.29 is 9.53 Å². The van der Waals surface area contributed by atoms with Crippen LogP contribution in [-0.2, 0) is 22.6 Å². The monoisotopic (exact) mass is 334 g/mol. The molecule has 3 heterocycles. The third-order valence-electron chi connectivity index (χ3n) is 5.42. The lowest BCUT2D eigenvalue weighted by Gasteiger charge is -2.42. The molecule has 0 aromatic carbocycles. The topological polar surface area (TPSA) is 50.6 Å². The lowest BCUT2D eigenvalue weighted by molar-refractivity contribution is -0.135. The van der Waals surface area contributed by atoms with Gasteiger partial charge in [-0.3, -0.25) is 14.4 Å². The van der Waals surface area contributed by atoms with E-state index in [0.29, 0.717) is 30.9 Å². The van der Waals surface area contributed by atoms with E-state index in [2.05, 4.69) is 28.0 Å². The van der Waals surface area contributed by atoms with Crippen molar-refractivity contribution in [3.8, 4) is 0 Å². The second-order valence-electron chi connectivity index (χ2n) is 7.03. The molecule has 2 fully saturated rings. The first-order valence-electron chi connectivity index (χ1n) is 9.23. The third-order valence-corrected chi connectivity index (χ3v) is 5.42. The summed E-state index contributed by atoms with van der Waals surface area (Å²) < 4.78 is 7.20. The number of ether oxygens (including phenoxy) is 1. The highest BCUT2D eigenvalue weighted by Crippen LogP contribution is 2.31. The molecule has 1 amide bonds. The van der Waals surface area contributed by atoms with Crippen molar-refractivity contribution >= 4 is 5.91 Å². The Bertz CT molecular complexity index is 545. The van der Waals surface area contributed by atoms with Gasteiger partial charge in [0.25, 0.3) is 0 Å². The molecule has 0 aliphatic carbocycles. The Morgan fingerprint density at radius 3 is 3.00 bits per heavy atom. The van der Waals surface area contributed by atoms with Crippen molar-refractivity contribution in [1.82, 2.24) is 19.6 Å². The first-order valence-corrected chi connectivity index (χ1v) is 9.23. The molecular weight excluding hydrogens is 304 g/mol. The normalized spacial score (nSPS) is 25.6. The van der Waals surface area contributed by atoms with Gasteiger partial charge in [0.2, 0.25) is 5.91 Å². The van der Waals surface area contributed by atoms with Crippen LogP contribution in [0.1, 0.15) is 38.2 Å². The van der Waals surface area contributed by atoms with Gasteiger partial charge < -0.3 is 9.64 Å². The number of rotatable bonds is 6. The van der Waals surface area contributed by atoms with Crippen LogP contribution in [0.15, 0.2) is 12.4 Å². The first-order chi connectivity index (χ1) is 11.7. The molecule has 2 saturated heterocycles. The van der Waals surface area contributed by atoms with Gasteiger partial charge in [0, 0.05) is 64.1 Å². The summed E-state index contributed by atoms with van der Waals surface area (Å²) in [5.41, 5.74) is 1.29. The van der Waals surface area contributed by atoms with Gasteiger partial charge in [0.05, 0.1) is 12.8 Å². The number of amides is 1. The highest BCUT2D eigenvalue weighted by Gasteiger charge is 2.37. The number of carbonyl (C=O) groups excluding carboxylic acids is 1. The minimum absolute atomic E-state index is 0.317. The van der Waals surface area contributed by atoms with E-state index in [-0.39, 0.29) is 0 Å². The summed E-state index contributed by atoms with van der Waals surface area (Å²) in [6.45, 7) is 7.50. The van der Waals surface area contributed by atoms with Gasteiger partial charge in [0.15, 0.2) is 0 Å². The predicted molar refractivity (Wildman–Crippen MR) is 92.5 cm³/mol. The second kappa shape index (κ2) is 8.12. The summed E-state index contributed by atoms with van der Waals surface area (Å²) in [6, 6.07) is 0.393. The molecule has 2 atom stereocenters. The van der Waals surface area contributed by atoms with Crippen LogP contribution in [0.25, 0.3) is 0 Å². The van der Waals surface area contributed by atoms with Gasteiger partial charge in [-0.05, 0) is 32.1 Å². The number of aromatic nitrogens is 2. The number of hydrogen-bond acceptors (Lipinski definition) is 4. The average molecular weight is 334 g/mol. The number of methoxy groups -OCH3 is 1. The van der Waals surface area contributed by atoms with E-state index in [0.717, 1.165) is 52.0 Å². The Labute approximate surface area is 144 Å². The van der Waals surface area contributed by atoms with Crippen LogP contribution in [0.5, 0.6) is 0 Å². The van der Waals surface area contributed by atoms with Crippen molar-refractivity contribution in [3.05, 3.63) is 18.0 Å². The number of hydrogen-bond donors (Lipinski definition) is 0. The fourth-order valence-corrected chi connectivity index (χ4v) is 4.18. The quantitative estimate of drug-likeness (QED) is 0.795. The molecule has 2 aliphatic rings. The molecule has 3 rings (SSSR count). The maximum Gasteiger partial charge on any atom is 0.222 e. The number of aryl methyl sites for hydroxylation is 1. The molecule has 0 bridgehead atoms. The molecule has 1 aromatic heterocycles. The average Bonchev–Trinajstić information content (AvgIpc) is 2.97. The van der Waals surface area contributed by atoms with Crippen molar-refractivity contribution in [1.29, 1.82) is 0 Å². The van der Waals surface area contributed by atoms with Gasteiger partial charge in [-0.2, -0.15) is 5.10 Å². The van der Waals surface area contributed by atoms with Gasteiger partial charge in [0.1, 0.15) is 0 Å². The Kier molecular flexibility index (Phi) is 5.89. The van der Waals surface area contributed by atoms with Gasteiger partial charge in [-0.1, -0.05) is 0 Å². The molecule has 134 valence electrons. The summed E-state index contributed by atoms with van der Waals surface area (Å²) in [5.74, 6) is 0.903. The summed E-state index contributed by atoms with van der Waals surface area (Å²) in [5, 5.41) is 4.38. The van der Waals surface area contributed by atoms with Crippen molar-refractivity contribution in [2.45, 2.75) is 51.7 Å². The van der Waals surface area contributed by atoms with Crippen molar-refractivity contribution in [3.63, 3.8) is 0 Å². The zero-order valence-corrected chi connectivity index (χ0v) is 15.0. The minimum atomic E-state index is 0.317. The molecule has 2 aliphatic heterocycles. The van der Waals surface area contributed by atoms with Crippen LogP contribution in [-0.4, -0.2) is 64.9 Å². The van der Waals surface area contributed by atoms with Crippen LogP contribution >= 0.6 is 0 Å². The van der Waals surface area contributed by atoms with E-state index in [9.17, 15) is 4.79 Å². The fraction of sp³-hybridized carbons (Fsp3) is 0.778. The first kappa shape index (κ1) is 17.4. The molecule has 0 unspecified atom stereocenters. The maximum absolute atomic E-state index is 12.4. The summed E-state index contributed by atoms with van der Waals surface area (Å²) >= 11 is 0. The Hall–Kier alpha value is -1.40. The largest absolute Gasteiger partial charge is 0.383 e. The number of fused-ring (bicyclic) bond motifs is 1. The van der Waals surface area contributed by atoms with E-state index < -0.39 is 0 Å². The van der Waals surface area contributed by atoms with Crippen LogP contribution in [0.4, 0.5) is 0 Å². The molecule has 0 spiro atoms. The molecular formula is C18H30N4O2. The lowest BCUT2D eigenvalue weighted by atomic mass is 9.88. The Balaban J connectivity index is 1.62. The Morgan fingerprint density at radius 2 is 2.25 bits per heavy atom. The number of carbonyl (C=O) groups is 1. The van der Waals surface area contributed by atoms with Crippen LogP contribution in [0.3, 0.4) is 0 Å². The third kappa shape index (κ3) is 3.98. The smallest absolute Gasteiger partial charge is 0.222 e. The SMILES string of the molecule is CCn1cc(CN2CC[C@@H]3[C@@H](CCCC(=O)N3CCOC)C2)cn1. The standard InChI is InChI=1S/C18H30N4O2/c1-3-21-13-15(11-19-21)12-20-8-7-17-16(14-20)5-4-6-18(23)22(17)9-10-24-2/h11,13,16-17H,3-10,12,14H2,1-2H3/t16-,17+/m0/s1. The molecule has 24 heavy (non-hydrogen) atoms. The maximum atomic E-state index is 12.4. The number of likely N-dealkylation sites (tertiary alicyclic amines) is 2. The van der Waals surface area contributed by atoms with Crippen molar-refractivity contribution in [2.24, 2.45) is 5.92 Å². The van der Waals surface area contributed by atoms with Gasteiger partial charge in [-0.25, -0.2) is 0 Å². The van der Waals surface area contributed by atoms with Crippen LogP contribution < -0.4 is 0 Å². The molecule has 1 aromatic rings. The van der Waals surface area contributed by atoms with E-state index in [4.69, 9.17) is 4.74 Å². The summed E-state index contributed by atoms with van der Waals surface area (Å²) in [7, 11) is 1.71. The fourth-order valence-electron chi connectivity index (χ4n) is 4.18. The van der Waals surface area contributed by atoms with E-state index >= 15 is 0 Å². The molecule has 0 N–H and O–H groups in total. The van der Waals surface area contributed by atoms with Gasteiger partial charge >= 0.3 is 0 Å². The highest BCUT2D eigenvalue weighted by atomic mass is 16.5.